The molecular formula is C24H22N4O4. The zero-order chi connectivity index (χ0) is 22.7. The Kier molecular flexibility index (Phi) is 5.93. The van der Waals surface area contributed by atoms with Gasteiger partial charge in [0.2, 0.25) is 0 Å². The van der Waals surface area contributed by atoms with Crippen molar-refractivity contribution in [2.24, 2.45) is 0 Å². The van der Waals surface area contributed by atoms with E-state index in [1.807, 2.05) is 37.3 Å². The van der Waals surface area contributed by atoms with Gasteiger partial charge in [-0.1, -0.05) is 67.6 Å². The summed E-state index contributed by atoms with van der Waals surface area (Å²) in [4.78, 5) is 58.0. The Labute approximate surface area is 182 Å². The van der Waals surface area contributed by atoms with Crippen LogP contribution in [0, 0.1) is 0 Å². The van der Waals surface area contributed by atoms with Crippen molar-refractivity contribution in [3.8, 4) is 0 Å². The molecule has 8 heteroatoms. The molecular weight excluding hydrogens is 408 g/mol. The number of ketones is 1. The minimum absolute atomic E-state index is 0.00612. The number of Topliss-reactive ketones (excluding diaryl/α,β-unsaturated/α-hetero) is 1. The first-order chi connectivity index (χ1) is 15.5. The van der Waals surface area contributed by atoms with Crippen LogP contribution < -0.4 is 16.8 Å². The molecule has 2 aromatic carbocycles. The summed E-state index contributed by atoms with van der Waals surface area (Å²) in [6.45, 7) is 2.30. The maximum Gasteiger partial charge on any atom is 0.330 e. The van der Waals surface area contributed by atoms with Gasteiger partial charge in [-0.2, -0.15) is 0 Å². The third-order valence-electron chi connectivity index (χ3n) is 5.21. The molecule has 2 aromatic heterocycles. The quantitative estimate of drug-likeness (QED) is 0.452. The van der Waals surface area contributed by atoms with Crippen molar-refractivity contribution in [3.05, 3.63) is 109 Å². The van der Waals surface area contributed by atoms with Gasteiger partial charge in [0, 0.05) is 12.1 Å². The Bertz CT molecular complexity index is 1450. The summed E-state index contributed by atoms with van der Waals surface area (Å²) in [6.07, 6.45) is 0.358. The lowest BCUT2D eigenvalue weighted by Gasteiger charge is -2.14. The minimum Gasteiger partial charge on any atom is -0.299 e. The lowest BCUT2D eigenvalue weighted by atomic mass is 10.1. The van der Waals surface area contributed by atoms with Gasteiger partial charge in [-0.15, -0.1) is 0 Å². The molecule has 0 amide bonds. The number of carbonyl (C=O) groups is 1. The summed E-state index contributed by atoms with van der Waals surface area (Å²) in [5.41, 5.74) is -0.377. The average Bonchev–Trinajstić information content (AvgIpc) is 2.80. The number of nitrogens with zero attached hydrogens (tertiary/aromatic N) is 3. The van der Waals surface area contributed by atoms with E-state index in [4.69, 9.17) is 0 Å². The lowest BCUT2D eigenvalue weighted by Crippen LogP contribution is -2.37. The Balaban J connectivity index is 1.93. The molecule has 162 valence electrons. The highest BCUT2D eigenvalue weighted by atomic mass is 16.2. The molecule has 4 aromatic rings. The molecule has 0 fully saturated rings. The molecule has 2 heterocycles. The van der Waals surface area contributed by atoms with Crippen molar-refractivity contribution in [3.63, 3.8) is 0 Å². The molecule has 0 aliphatic rings. The molecule has 0 unspecified atom stereocenters. The molecule has 0 aliphatic heterocycles. The van der Waals surface area contributed by atoms with Crippen molar-refractivity contribution in [1.82, 2.24) is 19.1 Å². The molecule has 4 rings (SSSR count). The van der Waals surface area contributed by atoms with Crippen molar-refractivity contribution in [1.29, 1.82) is 0 Å². The van der Waals surface area contributed by atoms with E-state index in [0.29, 0.717) is 12.0 Å². The second kappa shape index (κ2) is 8.97. The third-order valence-corrected chi connectivity index (χ3v) is 5.21. The fraction of sp³-hybridized carbons (Fsp3) is 0.208. The zero-order valence-corrected chi connectivity index (χ0v) is 17.6. The molecule has 0 saturated heterocycles. The Morgan fingerprint density at radius 2 is 1.59 bits per heavy atom. The highest BCUT2D eigenvalue weighted by Crippen LogP contribution is 2.10. The summed E-state index contributed by atoms with van der Waals surface area (Å²) in [7, 11) is 0. The van der Waals surface area contributed by atoms with Crippen LogP contribution in [0.25, 0.3) is 11.2 Å². The molecule has 0 aliphatic carbocycles. The molecule has 0 spiro atoms. The van der Waals surface area contributed by atoms with Crippen LogP contribution in [0.1, 0.15) is 35.0 Å². The standard InChI is InChI=1S/C24H22N4O4/c1-2-13-27-20-21(25-18(23(27)31)14-19(29)17-11-7-4-8-12-17)28(24(32)26-22(20)30)15-16-9-5-3-6-10-16/h3-12H,2,13-15H2,1H3,(H,26,30,32). The number of fused-ring (bicyclic) bond motifs is 1. The predicted octanol–water partition coefficient (Wildman–Crippen LogP) is 2.13. The summed E-state index contributed by atoms with van der Waals surface area (Å²) in [5, 5.41) is 0. The van der Waals surface area contributed by atoms with Crippen LogP contribution >= 0.6 is 0 Å². The predicted molar refractivity (Wildman–Crippen MR) is 121 cm³/mol. The van der Waals surface area contributed by atoms with E-state index in [1.54, 1.807) is 30.3 Å². The van der Waals surface area contributed by atoms with Gasteiger partial charge in [0.1, 0.15) is 5.69 Å². The summed E-state index contributed by atoms with van der Waals surface area (Å²) in [6, 6.07) is 17.9. The number of aromatic nitrogens is 4. The molecule has 0 bridgehead atoms. The number of hydrogen-bond donors (Lipinski definition) is 1. The number of nitrogens with one attached hydrogen (secondary N) is 1. The van der Waals surface area contributed by atoms with Crippen molar-refractivity contribution >= 4 is 16.9 Å². The number of benzene rings is 2. The Morgan fingerprint density at radius 3 is 2.25 bits per heavy atom. The van der Waals surface area contributed by atoms with Crippen LogP contribution in [0.3, 0.4) is 0 Å². The van der Waals surface area contributed by atoms with Crippen LogP contribution in [0.4, 0.5) is 0 Å². The van der Waals surface area contributed by atoms with E-state index in [1.165, 1.54) is 9.13 Å². The van der Waals surface area contributed by atoms with E-state index >= 15 is 0 Å². The maximum atomic E-state index is 13.2. The van der Waals surface area contributed by atoms with E-state index in [-0.39, 0.29) is 42.2 Å². The van der Waals surface area contributed by atoms with Gasteiger partial charge in [-0.25, -0.2) is 9.78 Å². The molecule has 32 heavy (non-hydrogen) atoms. The zero-order valence-electron chi connectivity index (χ0n) is 17.6. The Hall–Kier alpha value is -4.07. The SMILES string of the molecule is CCCn1c(=O)c(CC(=O)c2ccccc2)nc2c1c(=O)[nH]c(=O)n2Cc1ccccc1. The number of hydrogen-bond acceptors (Lipinski definition) is 5. The number of aryl methyl sites for hydroxylation is 1. The normalized spacial score (nSPS) is 11.0. The van der Waals surface area contributed by atoms with Crippen molar-refractivity contribution in [2.45, 2.75) is 32.9 Å². The van der Waals surface area contributed by atoms with Gasteiger partial charge < -0.3 is 0 Å². The third kappa shape index (κ3) is 4.07. The summed E-state index contributed by atoms with van der Waals surface area (Å²) >= 11 is 0. The Morgan fingerprint density at radius 1 is 0.938 bits per heavy atom. The second-order valence-electron chi connectivity index (χ2n) is 7.48. The second-order valence-corrected chi connectivity index (χ2v) is 7.48. The first-order valence-electron chi connectivity index (χ1n) is 10.4. The van der Waals surface area contributed by atoms with Gasteiger partial charge in [0.05, 0.1) is 13.0 Å². The molecule has 0 atom stereocenters. The van der Waals surface area contributed by atoms with E-state index < -0.39 is 16.8 Å². The van der Waals surface area contributed by atoms with Gasteiger partial charge in [-0.05, 0) is 12.0 Å². The number of carbonyl (C=O) groups excluding carboxylic acids is 1. The number of H-pyrrole nitrogens is 1. The van der Waals surface area contributed by atoms with Gasteiger partial charge in [0.25, 0.3) is 11.1 Å². The first-order valence-corrected chi connectivity index (χ1v) is 10.4. The van der Waals surface area contributed by atoms with Gasteiger partial charge in [0.15, 0.2) is 16.9 Å². The van der Waals surface area contributed by atoms with Crippen LogP contribution in [-0.4, -0.2) is 24.9 Å². The van der Waals surface area contributed by atoms with E-state index in [2.05, 4.69) is 9.97 Å². The fourth-order valence-electron chi connectivity index (χ4n) is 3.68. The molecule has 0 radical (unpaired) electrons. The fourth-order valence-corrected chi connectivity index (χ4v) is 3.68. The van der Waals surface area contributed by atoms with Gasteiger partial charge in [-0.3, -0.25) is 28.5 Å². The van der Waals surface area contributed by atoms with E-state index in [0.717, 1.165) is 5.56 Å². The molecule has 0 saturated carbocycles. The van der Waals surface area contributed by atoms with Crippen LogP contribution in [0.2, 0.25) is 0 Å². The van der Waals surface area contributed by atoms with Gasteiger partial charge >= 0.3 is 5.69 Å². The first kappa shape index (κ1) is 21.2. The minimum atomic E-state index is -0.673. The van der Waals surface area contributed by atoms with Crippen molar-refractivity contribution in [2.75, 3.05) is 0 Å². The van der Waals surface area contributed by atoms with Crippen molar-refractivity contribution < 1.29 is 4.79 Å². The molecule has 8 nitrogen and oxygen atoms in total. The largest absolute Gasteiger partial charge is 0.330 e. The highest BCUT2D eigenvalue weighted by Gasteiger charge is 2.20. The number of aromatic amines is 1. The average molecular weight is 430 g/mol. The summed E-state index contributed by atoms with van der Waals surface area (Å²) < 4.78 is 2.64. The van der Waals surface area contributed by atoms with E-state index in [9.17, 15) is 19.2 Å². The summed E-state index contributed by atoms with van der Waals surface area (Å²) in [5.74, 6) is -0.264. The maximum absolute atomic E-state index is 13.2. The van der Waals surface area contributed by atoms with Crippen LogP contribution in [0.15, 0.2) is 75.0 Å². The topological polar surface area (TPSA) is 107 Å². The monoisotopic (exact) mass is 430 g/mol. The molecule has 1 N–H and O–H groups in total. The lowest BCUT2D eigenvalue weighted by molar-refractivity contribution is 0.0991. The smallest absolute Gasteiger partial charge is 0.299 e. The highest BCUT2D eigenvalue weighted by molar-refractivity contribution is 5.97. The van der Waals surface area contributed by atoms with Crippen LogP contribution in [-0.2, 0) is 19.5 Å². The number of rotatable bonds is 7. The van der Waals surface area contributed by atoms with Crippen LogP contribution in [0.5, 0.6) is 0 Å².